The number of carbonyl (C=O) groups excluding carboxylic acids is 1. The summed E-state index contributed by atoms with van der Waals surface area (Å²) in [6.45, 7) is 30.2. The third-order valence-corrected chi connectivity index (χ3v) is 13.1. The SMILES string of the molecule is Cc1c(C)c2c(c(C)c1N)C(c1ccc(C(C)C)cc1)C(C)(C)O2.Cc1c(C)c2c(c(C)c1NC(=O)c1ccc3c(c1)OCO3)C(c1ccc(C(C)C)cc1)C(C)(C)O2. The molecule has 0 fully saturated rings. The molecule has 0 saturated heterocycles. The Labute approximate surface area is 351 Å². The van der Waals surface area contributed by atoms with Gasteiger partial charge in [0.2, 0.25) is 6.79 Å². The average molecular weight is 795 g/mol. The quantitative estimate of drug-likeness (QED) is 0.166. The zero-order chi connectivity index (χ0) is 42.9. The second-order valence-corrected chi connectivity index (χ2v) is 18.5. The molecule has 59 heavy (non-hydrogen) atoms. The van der Waals surface area contributed by atoms with E-state index in [0.29, 0.717) is 28.9 Å². The summed E-state index contributed by atoms with van der Waals surface area (Å²) in [5.74, 6) is 4.32. The molecule has 3 aliphatic rings. The van der Waals surface area contributed by atoms with E-state index >= 15 is 0 Å². The Bertz CT molecular complexity index is 2440. The van der Waals surface area contributed by atoms with Crippen LogP contribution < -0.4 is 30.0 Å². The number of ether oxygens (including phenoxy) is 4. The summed E-state index contributed by atoms with van der Waals surface area (Å²) >= 11 is 0. The van der Waals surface area contributed by atoms with Gasteiger partial charge in [0.05, 0.1) is 11.8 Å². The van der Waals surface area contributed by atoms with Crippen LogP contribution in [0.2, 0.25) is 0 Å². The second-order valence-electron chi connectivity index (χ2n) is 18.5. The maximum atomic E-state index is 13.3. The average Bonchev–Trinajstić information content (AvgIpc) is 3.88. The van der Waals surface area contributed by atoms with Gasteiger partial charge in [0, 0.05) is 28.1 Å². The van der Waals surface area contributed by atoms with E-state index in [-0.39, 0.29) is 30.1 Å². The fourth-order valence-electron chi connectivity index (χ4n) is 9.31. The Hall–Kier alpha value is -5.43. The zero-order valence-corrected chi connectivity index (χ0v) is 37.5. The maximum absolute atomic E-state index is 13.3. The zero-order valence-electron chi connectivity index (χ0n) is 37.5. The summed E-state index contributed by atoms with van der Waals surface area (Å²) in [6, 6.07) is 23.1. The number of hydrogen-bond acceptors (Lipinski definition) is 6. The summed E-state index contributed by atoms with van der Waals surface area (Å²) in [5.41, 5.74) is 22.2. The number of nitrogens with two attached hydrogens (primary N) is 1. The molecule has 0 spiro atoms. The fraction of sp³-hybridized carbons (Fsp3) is 0.404. The summed E-state index contributed by atoms with van der Waals surface area (Å²) < 4.78 is 23.9. The van der Waals surface area contributed by atoms with E-state index in [4.69, 9.17) is 24.7 Å². The van der Waals surface area contributed by atoms with Gasteiger partial charge in [0.1, 0.15) is 22.7 Å². The molecule has 5 aromatic rings. The molecule has 7 heteroatoms. The van der Waals surface area contributed by atoms with Crippen molar-refractivity contribution in [2.75, 3.05) is 17.8 Å². The van der Waals surface area contributed by atoms with Crippen LogP contribution >= 0.6 is 0 Å². The van der Waals surface area contributed by atoms with E-state index in [1.54, 1.807) is 18.2 Å². The largest absolute Gasteiger partial charge is 0.486 e. The number of benzene rings is 5. The highest BCUT2D eigenvalue weighted by molar-refractivity contribution is 6.06. The molecule has 1 amide bonds. The van der Waals surface area contributed by atoms with Crippen LogP contribution in [-0.2, 0) is 0 Å². The number of hydrogen-bond donors (Lipinski definition) is 2. The molecule has 0 aliphatic carbocycles. The maximum Gasteiger partial charge on any atom is 0.255 e. The molecule has 0 aromatic heterocycles. The third kappa shape index (κ3) is 7.31. The molecule has 2 atom stereocenters. The summed E-state index contributed by atoms with van der Waals surface area (Å²) in [7, 11) is 0. The molecule has 8 rings (SSSR count). The Kier molecular flexibility index (Phi) is 10.8. The van der Waals surface area contributed by atoms with Gasteiger partial charge in [0.25, 0.3) is 5.91 Å². The van der Waals surface area contributed by atoms with Crippen molar-refractivity contribution in [3.8, 4) is 23.0 Å². The monoisotopic (exact) mass is 794 g/mol. The van der Waals surface area contributed by atoms with Crippen LogP contribution in [0.4, 0.5) is 11.4 Å². The minimum absolute atomic E-state index is 0.0548. The van der Waals surface area contributed by atoms with Crippen LogP contribution in [0.25, 0.3) is 0 Å². The van der Waals surface area contributed by atoms with E-state index in [9.17, 15) is 4.79 Å². The molecule has 2 unspecified atom stereocenters. The van der Waals surface area contributed by atoms with Crippen LogP contribution in [0.3, 0.4) is 0 Å². The Morgan fingerprint density at radius 3 is 1.56 bits per heavy atom. The van der Waals surface area contributed by atoms with E-state index in [2.05, 4.69) is 144 Å². The first-order chi connectivity index (χ1) is 27.7. The van der Waals surface area contributed by atoms with Gasteiger partial charge >= 0.3 is 0 Å². The highest BCUT2D eigenvalue weighted by atomic mass is 16.7. The summed E-state index contributed by atoms with van der Waals surface area (Å²) in [5, 5.41) is 3.19. The molecule has 3 aliphatic heterocycles. The van der Waals surface area contributed by atoms with E-state index in [1.165, 1.54) is 33.4 Å². The van der Waals surface area contributed by atoms with Gasteiger partial charge in [-0.25, -0.2) is 0 Å². The number of amides is 1. The molecule has 310 valence electrons. The fourth-order valence-corrected chi connectivity index (χ4v) is 9.31. The van der Waals surface area contributed by atoms with Crippen LogP contribution in [0, 0.1) is 41.5 Å². The molecule has 7 nitrogen and oxygen atoms in total. The summed E-state index contributed by atoms with van der Waals surface area (Å²) in [6.07, 6.45) is 0. The first-order valence-corrected chi connectivity index (χ1v) is 21.0. The lowest BCUT2D eigenvalue weighted by Gasteiger charge is -2.27. The molecular weight excluding hydrogens is 733 g/mol. The van der Waals surface area contributed by atoms with Gasteiger partial charge in [-0.3, -0.25) is 4.79 Å². The predicted molar refractivity (Wildman–Crippen MR) is 240 cm³/mol. The van der Waals surface area contributed by atoms with Crippen LogP contribution in [0.15, 0.2) is 66.7 Å². The molecule has 3 N–H and O–H groups in total. The van der Waals surface area contributed by atoms with Crippen molar-refractivity contribution in [3.05, 3.63) is 139 Å². The number of nitrogen functional groups attached to an aromatic ring is 1. The van der Waals surface area contributed by atoms with Crippen molar-refractivity contribution >= 4 is 17.3 Å². The minimum Gasteiger partial charge on any atom is -0.486 e. The second kappa shape index (κ2) is 15.3. The Balaban J connectivity index is 0.000000192. The van der Waals surface area contributed by atoms with Crippen molar-refractivity contribution in [1.29, 1.82) is 0 Å². The van der Waals surface area contributed by atoms with Gasteiger partial charge in [-0.05, 0) is 155 Å². The van der Waals surface area contributed by atoms with Crippen molar-refractivity contribution in [3.63, 3.8) is 0 Å². The van der Waals surface area contributed by atoms with Crippen LogP contribution in [-0.4, -0.2) is 23.9 Å². The van der Waals surface area contributed by atoms with Gasteiger partial charge in [-0.15, -0.1) is 0 Å². The number of fused-ring (bicyclic) bond motifs is 3. The minimum atomic E-state index is -0.413. The topological polar surface area (TPSA) is 92.0 Å². The van der Waals surface area contributed by atoms with Crippen molar-refractivity contribution in [1.82, 2.24) is 0 Å². The molecular formula is C52H62N2O5. The Morgan fingerprint density at radius 1 is 0.610 bits per heavy atom. The molecule has 0 radical (unpaired) electrons. The van der Waals surface area contributed by atoms with E-state index < -0.39 is 5.60 Å². The van der Waals surface area contributed by atoms with E-state index in [1.807, 2.05) is 6.92 Å². The highest BCUT2D eigenvalue weighted by Gasteiger charge is 2.46. The van der Waals surface area contributed by atoms with Gasteiger partial charge in [-0.1, -0.05) is 76.2 Å². The summed E-state index contributed by atoms with van der Waals surface area (Å²) in [4.78, 5) is 13.3. The third-order valence-electron chi connectivity index (χ3n) is 13.1. The number of rotatable bonds is 6. The lowest BCUT2D eigenvalue weighted by Crippen LogP contribution is -2.31. The van der Waals surface area contributed by atoms with Gasteiger partial charge < -0.3 is 30.0 Å². The number of carbonyl (C=O) groups is 1. The highest BCUT2D eigenvalue weighted by Crippen LogP contribution is 2.55. The number of anilines is 2. The molecule has 5 aromatic carbocycles. The van der Waals surface area contributed by atoms with Crippen molar-refractivity contribution in [2.24, 2.45) is 0 Å². The van der Waals surface area contributed by atoms with Gasteiger partial charge in [0.15, 0.2) is 11.5 Å². The Morgan fingerprint density at radius 2 is 1.07 bits per heavy atom. The normalized spacial score (nSPS) is 17.8. The van der Waals surface area contributed by atoms with Gasteiger partial charge in [-0.2, -0.15) is 0 Å². The van der Waals surface area contributed by atoms with Crippen molar-refractivity contribution in [2.45, 2.75) is 132 Å². The standard InChI is InChI=1S/C30H33NO4.C22H29NO/c1-16(2)20-8-10-21(11-9-20)26-25-19(5)27(17(3)18(4)28(25)35-30(26,6)7)31-29(32)22-12-13-23-24(14-22)34-15-33-23;1-12(2)16-8-10-17(11-9-16)19-18-15(5)20(23)13(3)14(4)21(18)24-22(19,6)7/h8-14,16,26H,15H2,1-7H3,(H,31,32);8-12,19H,23H2,1-7H3. The first-order valence-electron chi connectivity index (χ1n) is 21.0. The molecule has 0 saturated carbocycles. The number of nitrogens with one attached hydrogen (secondary N) is 1. The van der Waals surface area contributed by atoms with Crippen LogP contribution in [0.5, 0.6) is 23.0 Å². The van der Waals surface area contributed by atoms with E-state index in [0.717, 1.165) is 56.3 Å². The lowest BCUT2D eigenvalue weighted by molar-refractivity contribution is 0.102. The van der Waals surface area contributed by atoms with Crippen molar-refractivity contribution < 1.29 is 23.7 Å². The molecule has 0 bridgehead atoms. The lowest BCUT2D eigenvalue weighted by atomic mass is 9.78. The molecule has 3 heterocycles. The smallest absolute Gasteiger partial charge is 0.255 e. The van der Waals surface area contributed by atoms with Crippen LogP contribution in [0.1, 0.15) is 156 Å². The predicted octanol–water partition coefficient (Wildman–Crippen LogP) is 12.6. The first kappa shape index (κ1) is 41.7.